The first-order valence-electron chi connectivity index (χ1n) is 9.40. The summed E-state index contributed by atoms with van der Waals surface area (Å²) in [7, 11) is 0. The molecule has 1 aliphatic heterocycles. The quantitative estimate of drug-likeness (QED) is 0.737. The van der Waals surface area contributed by atoms with E-state index < -0.39 is 5.38 Å². The SMILES string of the molecule is CC(C)CNC(=O)c1cc(NC(=O)[C@@H](C)Cl)ccc1N1CCC(C)CC1. The van der Waals surface area contributed by atoms with Crippen molar-refractivity contribution in [2.75, 3.05) is 29.9 Å². The van der Waals surface area contributed by atoms with Gasteiger partial charge in [-0.3, -0.25) is 9.59 Å². The number of alkyl halides is 1. The van der Waals surface area contributed by atoms with E-state index in [1.165, 1.54) is 0 Å². The van der Waals surface area contributed by atoms with E-state index in [0.29, 0.717) is 29.6 Å². The maximum absolute atomic E-state index is 12.8. The molecule has 0 aromatic heterocycles. The van der Waals surface area contributed by atoms with E-state index >= 15 is 0 Å². The van der Waals surface area contributed by atoms with Crippen LogP contribution in [0.5, 0.6) is 0 Å². The summed E-state index contributed by atoms with van der Waals surface area (Å²) in [5, 5.41) is 5.13. The number of carbonyl (C=O) groups excluding carboxylic acids is 2. The molecule has 0 aliphatic carbocycles. The van der Waals surface area contributed by atoms with Crippen molar-refractivity contribution in [1.29, 1.82) is 0 Å². The van der Waals surface area contributed by atoms with E-state index in [1.807, 2.05) is 12.1 Å². The van der Waals surface area contributed by atoms with Crippen LogP contribution in [0.25, 0.3) is 0 Å². The third-order valence-corrected chi connectivity index (χ3v) is 4.86. The second-order valence-corrected chi connectivity index (χ2v) is 8.27. The minimum atomic E-state index is -0.628. The lowest BCUT2D eigenvalue weighted by Gasteiger charge is -2.33. The number of anilines is 2. The van der Waals surface area contributed by atoms with E-state index in [-0.39, 0.29) is 11.8 Å². The normalized spacial score (nSPS) is 16.5. The number of benzene rings is 1. The molecule has 0 bridgehead atoms. The number of nitrogens with zero attached hydrogens (tertiary/aromatic N) is 1. The van der Waals surface area contributed by atoms with Gasteiger partial charge in [-0.25, -0.2) is 0 Å². The van der Waals surface area contributed by atoms with Gasteiger partial charge in [0.15, 0.2) is 0 Å². The Morgan fingerprint density at radius 3 is 2.46 bits per heavy atom. The van der Waals surface area contributed by atoms with E-state index in [9.17, 15) is 9.59 Å². The zero-order valence-corrected chi connectivity index (χ0v) is 16.9. The van der Waals surface area contributed by atoms with Crippen molar-refractivity contribution in [3.63, 3.8) is 0 Å². The summed E-state index contributed by atoms with van der Waals surface area (Å²) in [6.45, 7) is 10.5. The van der Waals surface area contributed by atoms with E-state index in [4.69, 9.17) is 11.6 Å². The van der Waals surface area contributed by atoms with Gasteiger partial charge in [-0.1, -0.05) is 20.8 Å². The molecule has 144 valence electrons. The Labute approximate surface area is 161 Å². The molecule has 0 spiro atoms. The molecule has 2 N–H and O–H groups in total. The highest BCUT2D eigenvalue weighted by atomic mass is 35.5. The first kappa shape index (κ1) is 20.6. The third kappa shape index (κ3) is 5.63. The molecular weight excluding hydrogens is 350 g/mol. The van der Waals surface area contributed by atoms with Gasteiger partial charge in [-0.05, 0) is 49.8 Å². The Hall–Kier alpha value is -1.75. The Kier molecular flexibility index (Phi) is 7.33. The zero-order chi connectivity index (χ0) is 19.3. The third-order valence-electron chi connectivity index (χ3n) is 4.67. The molecule has 1 fully saturated rings. The second kappa shape index (κ2) is 9.26. The summed E-state index contributed by atoms with van der Waals surface area (Å²) in [4.78, 5) is 26.9. The summed E-state index contributed by atoms with van der Waals surface area (Å²) < 4.78 is 0. The van der Waals surface area contributed by atoms with Gasteiger partial charge >= 0.3 is 0 Å². The average Bonchev–Trinajstić information content (AvgIpc) is 2.60. The number of nitrogens with one attached hydrogen (secondary N) is 2. The Morgan fingerprint density at radius 1 is 1.23 bits per heavy atom. The number of halogens is 1. The molecule has 1 aromatic rings. The van der Waals surface area contributed by atoms with Crippen molar-refractivity contribution in [3.8, 4) is 0 Å². The van der Waals surface area contributed by atoms with Crippen LogP contribution < -0.4 is 15.5 Å². The standard InChI is InChI=1S/C20H30ClN3O2/c1-13(2)12-22-20(26)17-11-16(23-19(25)15(4)21)5-6-18(17)24-9-7-14(3)8-10-24/h5-6,11,13-15H,7-10,12H2,1-4H3,(H,22,26)(H,23,25)/t15-/m1/s1. The van der Waals surface area contributed by atoms with Crippen molar-refractivity contribution in [2.45, 2.75) is 45.9 Å². The predicted molar refractivity (Wildman–Crippen MR) is 108 cm³/mol. The molecule has 2 amide bonds. The van der Waals surface area contributed by atoms with Crippen LogP contribution in [-0.4, -0.2) is 36.8 Å². The molecule has 1 aromatic carbocycles. The predicted octanol–water partition coefficient (Wildman–Crippen LogP) is 3.87. The Balaban J connectivity index is 2.27. The molecule has 0 unspecified atom stereocenters. The first-order valence-corrected chi connectivity index (χ1v) is 9.83. The van der Waals surface area contributed by atoms with E-state index in [2.05, 4.69) is 36.3 Å². The number of amides is 2. The number of hydrogen-bond donors (Lipinski definition) is 2. The summed E-state index contributed by atoms with van der Waals surface area (Å²) in [6.07, 6.45) is 2.24. The Morgan fingerprint density at radius 2 is 1.88 bits per heavy atom. The highest BCUT2D eigenvalue weighted by Gasteiger charge is 2.22. The number of hydrogen-bond acceptors (Lipinski definition) is 3. The lowest BCUT2D eigenvalue weighted by Crippen LogP contribution is -2.35. The van der Waals surface area contributed by atoms with Gasteiger partial charge in [-0.2, -0.15) is 0 Å². The van der Waals surface area contributed by atoms with Crippen molar-refractivity contribution in [1.82, 2.24) is 5.32 Å². The topological polar surface area (TPSA) is 61.4 Å². The van der Waals surface area contributed by atoms with Crippen LogP contribution in [0, 0.1) is 11.8 Å². The smallest absolute Gasteiger partial charge is 0.253 e. The fourth-order valence-corrected chi connectivity index (χ4v) is 3.01. The van der Waals surface area contributed by atoms with Crippen LogP contribution in [0.15, 0.2) is 18.2 Å². The van der Waals surface area contributed by atoms with Crippen LogP contribution in [0.2, 0.25) is 0 Å². The van der Waals surface area contributed by atoms with Gasteiger partial charge in [0.1, 0.15) is 5.38 Å². The summed E-state index contributed by atoms with van der Waals surface area (Å²) >= 11 is 5.83. The summed E-state index contributed by atoms with van der Waals surface area (Å²) in [6, 6.07) is 5.51. The van der Waals surface area contributed by atoms with Crippen molar-refractivity contribution >= 4 is 34.8 Å². The van der Waals surface area contributed by atoms with Crippen LogP contribution in [0.4, 0.5) is 11.4 Å². The minimum absolute atomic E-state index is 0.109. The average molecular weight is 380 g/mol. The highest BCUT2D eigenvalue weighted by Crippen LogP contribution is 2.29. The molecule has 1 saturated heterocycles. The van der Waals surface area contributed by atoms with Crippen LogP contribution in [0.1, 0.15) is 50.9 Å². The van der Waals surface area contributed by atoms with E-state index in [0.717, 1.165) is 31.6 Å². The molecule has 5 nitrogen and oxygen atoms in total. The molecule has 2 rings (SSSR count). The van der Waals surface area contributed by atoms with Gasteiger partial charge in [0.2, 0.25) is 5.91 Å². The number of piperidine rings is 1. The van der Waals surface area contributed by atoms with Gasteiger partial charge < -0.3 is 15.5 Å². The highest BCUT2D eigenvalue weighted by molar-refractivity contribution is 6.32. The lowest BCUT2D eigenvalue weighted by molar-refractivity contribution is -0.115. The molecule has 0 saturated carbocycles. The van der Waals surface area contributed by atoms with Gasteiger partial charge in [0, 0.05) is 31.0 Å². The second-order valence-electron chi connectivity index (χ2n) is 7.61. The van der Waals surface area contributed by atoms with Crippen LogP contribution >= 0.6 is 11.6 Å². The fourth-order valence-electron chi connectivity index (χ4n) is 2.95. The zero-order valence-electron chi connectivity index (χ0n) is 16.1. The van der Waals surface area contributed by atoms with Gasteiger partial charge in [0.25, 0.3) is 5.91 Å². The Bertz CT molecular complexity index is 638. The van der Waals surface area contributed by atoms with E-state index in [1.54, 1.807) is 13.0 Å². The maximum Gasteiger partial charge on any atom is 0.253 e. The molecule has 26 heavy (non-hydrogen) atoms. The summed E-state index contributed by atoms with van der Waals surface area (Å²) in [5.41, 5.74) is 2.11. The maximum atomic E-state index is 12.8. The summed E-state index contributed by atoms with van der Waals surface area (Å²) in [5.74, 6) is 0.702. The van der Waals surface area contributed by atoms with Gasteiger partial charge in [0.05, 0.1) is 5.56 Å². The molecule has 1 heterocycles. The monoisotopic (exact) mass is 379 g/mol. The molecule has 1 atom stereocenters. The van der Waals surface area contributed by atoms with Gasteiger partial charge in [-0.15, -0.1) is 11.6 Å². The molecule has 0 radical (unpaired) electrons. The fraction of sp³-hybridized carbons (Fsp3) is 0.600. The molecular formula is C20H30ClN3O2. The first-order chi connectivity index (χ1) is 12.3. The minimum Gasteiger partial charge on any atom is -0.371 e. The molecule has 1 aliphatic rings. The van der Waals surface area contributed by atoms with Crippen molar-refractivity contribution in [3.05, 3.63) is 23.8 Å². The lowest BCUT2D eigenvalue weighted by atomic mass is 9.97. The largest absolute Gasteiger partial charge is 0.371 e. The van der Waals surface area contributed by atoms with Crippen LogP contribution in [0.3, 0.4) is 0 Å². The number of rotatable bonds is 6. The number of carbonyl (C=O) groups is 2. The molecule has 6 heteroatoms. The van der Waals surface area contributed by atoms with Crippen molar-refractivity contribution in [2.24, 2.45) is 11.8 Å². The van der Waals surface area contributed by atoms with Crippen molar-refractivity contribution < 1.29 is 9.59 Å². The van der Waals surface area contributed by atoms with Crippen LogP contribution in [-0.2, 0) is 4.79 Å².